The van der Waals surface area contributed by atoms with E-state index in [9.17, 15) is 22.8 Å². The van der Waals surface area contributed by atoms with Gasteiger partial charge in [-0.1, -0.05) is 0 Å². The third kappa shape index (κ3) is 7.74. The van der Waals surface area contributed by atoms with Crippen molar-refractivity contribution < 1.29 is 32.6 Å². The molecule has 5 nitrogen and oxygen atoms in total. The maximum absolute atomic E-state index is 11.6. The van der Waals surface area contributed by atoms with E-state index in [0.717, 1.165) is 6.92 Å². The average molecular weight is 229 g/mol. The van der Waals surface area contributed by atoms with Gasteiger partial charge in [0, 0.05) is 6.92 Å². The van der Waals surface area contributed by atoms with Crippen LogP contribution in [0.5, 0.6) is 0 Å². The number of rotatable bonds is 5. The Bertz CT molecular complexity index is 241. The minimum atomic E-state index is -4.51. The largest absolute Gasteiger partial charge is 0.480 e. The van der Waals surface area contributed by atoms with Gasteiger partial charge in [-0.25, -0.2) is 4.79 Å². The molecule has 0 aromatic heterocycles. The molecule has 2 N–H and O–H groups in total. The Hall–Kier alpha value is -1.31. The van der Waals surface area contributed by atoms with Crippen LogP contribution in [0.3, 0.4) is 0 Å². The third-order valence-corrected chi connectivity index (χ3v) is 1.23. The monoisotopic (exact) mass is 229 g/mol. The van der Waals surface area contributed by atoms with Crippen molar-refractivity contribution in [3.8, 4) is 0 Å². The average Bonchev–Trinajstić information content (AvgIpc) is 1.99. The highest BCUT2D eigenvalue weighted by Gasteiger charge is 2.29. The van der Waals surface area contributed by atoms with Gasteiger partial charge in [0.05, 0.1) is 6.61 Å². The van der Waals surface area contributed by atoms with E-state index in [1.54, 1.807) is 0 Å². The van der Waals surface area contributed by atoms with Gasteiger partial charge in [-0.05, 0) is 0 Å². The fourth-order valence-corrected chi connectivity index (χ4v) is 0.713. The van der Waals surface area contributed by atoms with E-state index < -0.39 is 37.3 Å². The Morgan fingerprint density at radius 3 is 2.33 bits per heavy atom. The molecule has 88 valence electrons. The van der Waals surface area contributed by atoms with Gasteiger partial charge in [-0.3, -0.25) is 4.79 Å². The number of hydrogen-bond donors (Lipinski definition) is 2. The van der Waals surface area contributed by atoms with Crippen LogP contribution in [0, 0.1) is 0 Å². The second-order valence-corrected chi connectivity index (χ2v) is 2.72. The predicted octanol–water partition coefficient (Wildman–Crippen LogP) is 0.155. The first-order valence-corrected chi connectivity index (χ1v) is 3.87. The van der Waals surface area contributed by atoms with Crippen molar-refractivity contribution >= 4 is 11.9 Å². The van der Waals surface area contributed by atoms with Gasteiger partial charge in [-0.15, -0.1) is 0 Å². The molecule has 1 amide bonds. The van der Waals surface area contributed by atoms with Crippen molar-refractivity contribution in [1.82, 2.24) is 5.32 Å². The number of carbonyl (C=O) groups is 2. The normalized spacial score (nSPS) is 13.3. The molecule has 0 aromatic carbocycles. The molecule has 0 spiro atoms. The summed E-state index contributed by atoms with van der Waals surface area (Å²) in [6.07, 6.45) is -4.51. The number of carbonyl (C=O) groups excluding carboxylic acids is 1. The fourth-order valence-electron chi connectivity index (χ4n) is 0.713. The standard InChI is InChI=1S/C7H10F3NO4/c1-4(12)11-5(6(13)14)2-15-3-7(8,9)10/h5H,2-3H2,1H3,(H,11,12)(H,13,14). The molecule has 0 bridgehead atoms. The van der Waals surface area contributed by atoms with E-state index in [0.29, 0.717) is 0 Å². The molecule has 1 unspecified atom stereocenters. The summed E-state index contributed by atoms with van der Waals surface area (Å²) in [7, 11) is 0. The van der Waals surface area contributed by atoms with Crippen LogP contribution in [-0.4, -0.2) is 42.4 Å². The van der Waals surface area contributed by atoms with Gasteiger partial charge < -0.3 is 15.2 Å². The Morgan fingerprint density at radius 2 is 2.00 bits per heavy atom. The summed E-state index contributed by atoms with van der Waals surface area (Å²) in [5.74, 6) is -2.11. The van der Waals surface area contributed by atoms with Crippen LogP contribution < -0.4 is 5.32 Å². The van der Waals surface area contributed by atoms with Gasteiger partial charge >= 0.3 is 12.1 Å². The Balaban J connectivity index is 3.98. The summed E-state index contributed by atoms with van der Waals surface area (Å²) in [5, 5.41) is 10.4. The van der Waals surface area contributed by atoms with Crippen LogP contribution in [0.4, 0.5) is 13.2 Å². The summed E-state index contributed by atoms with van der Waals surface area (Å²) in [5.41, 5.74) is 0. The topological polar surface area (TPSA) is 75.6 Å². The van der Waals surface area contributed by atoms with Gasteiger partial charge in [-0.2, -0.15) is 13.2 Å². The van der Waals surface area contributed by atoms with E-state index in [2.05, 4.69) is 4.74 Å². The van der Waals surface area contributed by atoms with Crippen molar-refractivity contribution in [2.45, 2.75) is 19.1 Å². The molecule has 0 heterocycles. The number of carboxylic acid groups (broad SMARTS) is 1. The second kappa shape index (κ2) is 5.54. The van der Waals surface area contributed by atoms with Crippen LogP contribution in [0.2, 0.25) is 0 Å². The van der Waals surface area contributed by atoms with Crippen molar-refractivity contribution in [1.29, 1.82) is 0 Å². The lowest BCUT2D eigenvalue weighted by atomic mass is 10.3. The van der Waals surface area contributed by atoms with Crippen LogP contribution in [0.25, 0.3) is 0 Å². The quantitative estimate of drug-likeness (QED) is 0.703. The number of aliphatic carboxylic acids is 1. The Labute approximate surface area is 83.2 Å². The molecular formula is C7H10F3NO4. The molecule has 0 aromatic rings. The number of hydrogen-bond acceptors (Lipinski definition) is 3. The van der Waals surface area contributed by atoms with E-state index in [-0.39, 0.29) is 0 Å². The van der Waals surface area contributed by atoms with E-state index >= 15 is 0 Å². The summed E-state index contributed by atoms with van der Waals surface area (Å²) in [4.78, 5) is 20.9. The molecule has 8 heteroatoms. The fraction of sp³-hybridized carbons (Fsp3) is 0.714. The molecule has 15 heavy (non-hydrogen) atoms. The number of nitrogens with one attached hydrogen (secondary N) is 1. The highest BCUT2D eigenvalue weighted by atomic mass is 19.4. The first-order valence-electron chi connectivity index (χ1n) is 3.87. The molecule has 1 atom stereocenters. The van der Waals surface area contributed by atoms with Crippen molar-refractivity contribution in [3.63, 3.8) is 0 Å². The smallest absolute Gasteiger partial charge is 0.411 e. The van der Waals surface area contributed by atoms with Crippen LogP contribution >= 0.6 is 0 Å². The van der Waals surface area contributed by atoms with Crippen molar-refractivity contribution in [2.75, 3.05) is 13.2 Å². The van der Waals surface area contributed by atoms with Crippen molar-refractivity contribution in [3.05, 3.63) is 0 Å². The minimum absolute atomic E-state index is 0.655. The first kappa shape index (κ1) is 13.7. The number of alkyl halides is 3. The molecule has 0 aliphatic rings. The predicted molar refractivity (Wildman–Crippen MR) is 42.1 cm³/mol. The molecule has 0 rings (SSSR count). The highest BCUT2D eigenvalue weighted by Crippen LogP contribution is 2.14. The lowest BCUT2D eigenvalue weighted by molar-refractivity contribution is -0.177. The number of halogens is 3. The molecule has 0 saturated heterocycles. The van der Waals surface area contributed by atoms with Crippen molar-refractivity contribution in [2.24, 2.45) is 0 Å². The first-order chi connectivity index (χ1) is 6.72. The Kier molecular flexibility index (Phi) is 5.06. The zero-order chi connectivity index (χ0) is 12.1. The molecule has 0 aliphatic heterocycles. The zero-order valence-electron chi connectivity index (χ0n) is 7.80. The Morgan fingerprint density at radius 1 is 1.47 bits per heavy atom. The van der Waals surface area contributed by atoms with Gasteiger partial charge in [0.2, 0.25) is 5.91 Å². The maximum atomic E-state index is 11.6. The summed E-state index contributed by atoms with van der Waals surface area (Å²) >= 11 is 0. The van der Waals surface area contributed by atoms with E-state index in [1.807, 2.05) is 5.32 Å². The summed E-state index contributed by atoms with van der Waals surface area (Å²) in [6.45, 7) is -1.22. The molecular weight excluding hydrogens is 219 g/mol. The lowest BCUT2D eigenvalue weighted by Crippen LogP contribution is -2.43. The maximum Gasteiger partial charge on any atom is 0.411 e. The third-order valence-electron chi connectivity index (χ3n) is 1.23. The number of amides is 1. The molecule has 0 aliphatic carbocycles. The van der Waals surface area contributed by atoms with Crippen LogP contribution in [-0.2, 0) is 14.3 Å². The summed E-state index contributed by atoms with van der Waals surface area (Å²) < 4.78 is 38.9. The molecule has 0 saturated carbocycles. The number of carboxylic acids is 1. The van der Waals surface area contributed by atoms with Gasteiger partial charge in [0.15, 0.2) is 6.04 Å². The molecule has 0 radical (unpaired) electrons. The van der Waals surface area contributed by atoms with Crippen LogP contribution in [0.15, 0.2) is 0 Å². The lowest BCUT2D eigenvalue weighted by Gasteiger charge is -2.14. The van der Waals surface area contributed by atoms with Crippen LogP contribution in [0.1, 0.15) is 6.92 Å². The highest BCUT2D eigenvalue weighted by molar-refractivity contribution is 5.82. The van der Waals surface area contributed by atoms with Gasteiger partial charge in [0.25, 0.3) is 0 Å². The summed E-state index contributed by atoms with van der Waals surface area (Å²) in [6, 6.07) is -1.47. The van der Waals surface area contributed by atoms with Gasteiger partial charge in [0.1, 0.15) is 6.61 Å². The SMILES string of the molecule is CC(=O)NC(COCC(F)(F)F)C(=O)O. The number of ether oxygens (including phenoxy) is 1. The minimum Gasteiger partial charge on any atom is -0.480 e. The molecule has 0 fully saturated rings. The van der Waals surface area contributed by atoms with E-state index in [1.165, 1.54) is 0 Å². The second-order valence-electron chi connectivity index (χ2n) is 2.72. The zero-order valence-corrected chi connectivity index (χ0v) is 7.80. The van der Waals surface area contributed by atoms with E-state index in [4.69, 9.17) is 5.11 Å².